The molecular weight excluding hydrogens is 369 g/mol. The zero-order valence-electron chi connectivity index (χ0n) is 15.6. The van der Waals surface area contributed by atoms with Crippen molar-refractivity contribution >= 4 is 5.91 Å². The van der Waals surface area contributed by atoms with E-state index in [1.54, 1.807) is 4.90 Å². The van der Waals surface area contributed by atoms with Crippen molar-refractivity contribution in [1.82, 2.24) is 19.7 Å². The van der Waals surface area contributed by atoms with Gasteiger partial charge in [0, 0.05) is 37.5 Å². The number of halogens is 3. The van der Waals surface area contributed by atoms with Gasteiger partial charge < -0.3 is 9.47 Å². The van der Waals surface area contributed by atoms with Crippen LogP contribution in [0.2, 0.25) is 0 Å². The lowest BCUT2D eigenvalue weighted by molar-refractivity contribution is -0.137. The highest BCUT2D eigenvalue weighted by Gasteiger charge is 2.33. The highest BCUT2D eigenvalue weighted by atomic mass is 19.4. The van der Waals surface area contributed by atoms with Crippen LogP contribution < -0.4 is 0 Å². The maximum Gasteiger partial charge on any atom is 0.416 e. The van der Waals surface area contributed by atoms with Crippen molar-refractivity contribution in [2.75, 3.05) is 13.1 Å². The molecule has 0 radical (unpaired) electrons. The van der Waals surface area contributed by atoms with E-state index in [0.717, 1.165) is 62.4 Å². The highest BCUT2D eigenvalue weighted by molar-refractivity contribution is 5.94. The number of aromatic nitrogens is 3. The molecule has 0 N–H and O–H groups in total. The third-order valence-corrected chi connectivity index (χ3v) is 5.65. The minimum atomic E-state index is -4.46. The second-order valence-corrected chi connectivity index (χ2v) is 7.61. The predicted molar refractivity (Wildman–Crippen MR) is 96.9 cm³/mol. The Labute approximate surface area is 161 Å². The molecule has 1 unspecified atom stereocenters. The number of carbonyl (C=O) groups excluding carboxylic acids is 1. The number of hydrogen-bond donors (Lipinski definition) is 0. The standard InChI is InChI=1S/C20H23F3N4O/c21-20(22,23)16-8-4-6-14(12-16)19(28)26-10-5-7-15(13-26)18-25-24-17-9-2-1-3-11-27(17)18/h4,6,8,12,15H,1-3,5,7,9-11,13H2. The lowest BCUT2D eigenvalue weighted by Gasteiger charge is -2.32. The van der Waals surface area contributed by atoms with Crippen LogP contribution in [0.25, 0.3) is 0 Å². The average Bonchev–Trinajstić information content (AvgIpc) is 2.95. The summed E-state index contributed by atoms with van der Waals surface area (Å²) in [5, 5.41) is 8.75. The molecule has 1 saturated heterocycles. The van der Waals surface area contributed by atoms with E-state index in [0.29, 0.717) is 13.1 Å². The monoisotopic (exact) mass is 392 g/mol. The SMILES string of the molecule is O=C(c1cccc(C(F)(F)F)c1)N1CCCC(c2nnc3n2CCCCC3)C1. The molecule has 0 saturated carbocycles. The zero-order valence-corrected chi connectivity index (χ0v) is 15.6. The van der Waals surface area contributed by atoms with Crippen molar-refractivity contribution in [1.29, 1.82) is 0 Å². The molecule has 0 bridgehead atoms. The van der Waals surface area contributed by atoms with E-state index in [-0.39, 0.29) is 17.4 Å². The number of carbonyl (C=O) groups is 1. The van der Waals surface area contributed by atoms with Gasteiger partial charge in [-0.05, 0) is 43.9 Å². The summed E-state index contributed by atoms with van der Waals surface area (Å²) in [6.07, 6.45) is 1.56. The highest BCUT2D eigenvalue weighted by Crippen LogP contribution is 2.31. The number of amides is 1. The minimum absolute atomic E-state index is 0.0721. The third-order valence-electron chi connectivity index (χ3n) is 5.65. The Morgan fingerprint density at radius 1 is 1.07 bits per heavy atom. The van der Waals surface area contributed by atoms with Crippen LogP contribution in [0.15, 0.2) is 24.3 Å². The molecule has 0 spiro atoms. The molecule has 5 nitrogen and oxygen atoms in total. The van der Waals surface area contributed by atoms with E-state index in [9.17, 15) is 18.0 Å². The van der Waals surface area contributed by atoms with Crippen molar-refractivity contribution in [2.24, 2.45) is 0 Å². The molecule has 1 amide bonds. The van der Waals surface area contributed by atoms with Gasteiger partial charge in [0.05, 0.1) is 5.56 Å². The summed E-state index contributed by atoms with van der Waals surface area (Å²) in [5.41, 5.74) is -0.717. The van der Waals surface area contributed by atoms with Gasteiger partial charge in [0.15, 0.2) is 0 Å². The van der Waals surface area contributed by atoms with E-state index in [2.05, 4.69) is 14.8 Å². The Morgan fingerprint density at radius 2 is 1.93 bits per heavy atom. The lowest BCUT2D eigenvalue weighted by atomic mass is 9.96. The van der Waals surface area contributed by atoms with Crippen molar-refractivity contribution < 1.29 is 18.0 Å². The molecule has 1 aromatic carbocycles. The van der Waals surface area contributed by atoms with Gasteiger partial charge >= 0.3 is 6.18 Å². The fourth-order valence-corrected chi connectivity index (χ4v) is 4.19. The fraction of sp³-hybridized carbons (Fsp3) is 0.550. The van der Waals surface area contributed by atoms with E-state index in [1.807, 2.05) is 0 Å². The molecule has 3 heterocycles. The van der Waals surface area contributed by atoms with Gasteiger partial charge in [-0.1, -0.05) is 12.5 Å². The number of hydrogen-bond acceptors (Lipinski definition) is 3. The molecule has 2 aliphatic heterocycles. The zero-order chi connectivity index (χ0) is 19.7. The van der Waals surface area contributed by atoms with Crippen LogP contribution >= 0.6 is 0 Å². The molecule has 2 aliphatic rings. The maximum atomic E-state index is 13.0. The van der Waals surface area contributed by atoms with Crippen LogP contribution in [-0.4, -0.2) is 38.7 Å². The summed E-state index contributed by atoms with van der Waals surface area (Å²) in [7, 11) is 0. The van der Waals surface area contributed by atoms with Crippen LogP contribution in [0.5, 0.6) is 0 Å². The number of rotatable bonds is 2. The second kappa shape index (κ2) is 7.56. The van der Waals surface area contributed by atoms with Crippen LogP contribution in [0.1, 0.15) is 65.6 Å². The van der Waals surface area contributed by atoms with Crippen molar-refractivity contribution in [3.05, 3.63) is 47.0 Å². The summed E-state index contributed by atoms with van der Waals surface area (Å²) in [4.78, 5) is 14.5. The molecule has 8 heteroatoms. The van der Waals surface area contributed by atoms with E-state index >= 15 is 0 Å². The fourth-order valence-electron chi connectivity index (χ4n) is 4.19. The average molecular weight is 392 g/mol. The Kier molecular flexibility index (Phi) is 5.12. The number of aryl methyl sites for hydroxylation is 1. The number of piperidine rings is 1. The summed E-state index contributed by atoms with van der Waals surface area (Å²) < 4.78 is 41.1. The quantitative estimate of drug-likeness (QED) is 0.775. The predicted octanol–water partition coefficient (Wildman–Crippen LogP) is 4.04. The Balaban J connectivity index is 1.53. The lowest BCUT2D eigenvalue weighted by Crippen LogP contribution is -2.40. The Bertz CT molecular complexity index is 861. The number of nitrogens with zero attached hydrogens (tertiary/aromatic N) is 4. The molecule has 4 rings (SSSR count). The molecule has 28 heavy (non-hydrogen) atoms. The molecule has 2 aromatic rings. The Morgan fingerprint density at radius 3 is 2.75 bits per heavy atom. The van der Waals surface area contributed by atoms with Gasteiger partial charge in [0.2, 0.25) is 0 Å². The topological polar surface area (TPSA) is 51.0 Å². The molecule has 1 aromatic heterocycles. The number of likely N-dealkylation sites (tertiary alicyclic amines) is 1. The third kappa shape index (κ3) is 3.77. The Hall–Kier alpha value is -2.38. The number of fused-ring (bicyclic) bond motifs is 1. The molecule has 150 valence electrons. The van der Waals surface area contributed by atoms with Gasteiger partial charge in [-0.2, -0.15) is 13.2 Å². The molecule has 1 fully saturated rings. The van der Waals surface area contributed by atoms with Gasteiger partial charge in [-0.15, -0.1) is 10.2 Å². The first-order valence-electron chi connectivity index (χ1n) is 9.82. The summed E-state index contributed by atoms with van der Waals surface area (Å²) in [6, 6.07) is 4.66. The van der Waals surface area contributed by atoms with Gasteiger partial charge in [0.1, 0.15) is 11.6 Å². The molecule has 1 atom stereocenters. The largest absolute Gasteiger partial charge is 0.416 e. The maximum absolute atomic E-state index is 13.0. The first-order chi connectivity index (χ1) is 13.4. The van der Waals surface area contributed by atoms with E-state index < -0.39 is 11.7 Å². The van der Waals surface area contributed by atoms with Crippen molar-refractivity contribution in [2.45, 2.75) is 57.2 Å². The first-order valence-corrected chi connectivity index (χ1v) is 9.82. The van der Waals surface area contributed by atoms with Gasteiger partial charge in [-0.25, -0.2) is 0 Å². The normalized spacial score (nSPS) is 20.5. The molecular formula is C20H23F3N4O. The minimum Gasteiger partial charge on any atom is -0.338 e. The first kappa shape index (κ1) is 19.0. The smallest absolute Gasteiger partial charge is 0.338 e. The van der Waals surface area contributed by atoms with Crippen molar-refractivity contribution in [3.8, 4) is 0 Å². The number of benzene rings is 1. The van der Waals surface area contributed by atoms with Crippen LogP contribution in [0, 0.1) is 0 Å². The second-order valence-electron chi connectivity index (χ2n) is 7.61. The van der Waals surface area contributed by atoms with E-state index in [1.165, 1.54) is 18.6 Å². The van der Waals surface area contributed by atoms with Crippen molar-refractivity contribution in [3.63, 3.8) is 0 Å². The van der Waals surface area contributed by atoms with Crippen LogP contribution in [-0.2, 0) is 19.1 Å². The van der Waals surface area contributed by atoms with Crippen LogP contribution in [0.3, 0.4) is 0 Å². The van der Waals surface area contributed by atoms with Gasteiger partial charge in [-0.3, -0.25) is 4.79 Å². The van der Waals surface area contributed by atoms with E-state index in [4.69, 9.17) is 0 Å². The number of alkyl halides is 3. The summed E-state index contributed by atoms with van der Waals surface area (Å²) >= 11 is 0. The summed E-state index contributed by atoms with van der Waals surface area (Å²) in [5.74, 6) is 1.64. The summed E-state index contributed by atoms with van der Waals surface area (Å²) in [6.45, 7) is 1.91. The van der Waals surface area contributed by atoms with Gasteiger partial charge in [0.25, 0.3) is 5.91 Å². The molecule has 0 aliphatic carbocycles. The van der Waals surface area contributed by atoms with Crippen LogP contribution in [0.4, 0.5) is 13.2 Å².